The standard InChI is InChI=1S/C7H12O.C2H6/c1-5(2)7(8)6-3-4-6;1-2/h5-6H,3-4H2,1-2H3;1-2H3. The minimum Gasteiger partial charge on any atom is -0.299 e. The zero-order valence-corrected chi connectivity index (χ0v) is 7.48. The topological polar surface area (TPSA) is 17.1 Å². The largest absolute Gasteiger partial charge is 0.299 e. The van der Waals surface area contributed by atoms with Crippen LogP contribution in [0.3, 0.4) is 0 Å². The van der Waals surface area contributed by atoms with Gasteiger partial charge in [-0.25, -0.2) is 0 Å². The van der Waals surface area contributed by atoms with Crippen LogP contribution in [0.25, 0.3) is 0 Å². The molecular weight excluding hydrogens is 124 g/mol. The zero-order chi connectivity index (χ0) is 8.15. The summed E-state index contributed by atoms with van der Waals surface area (Å²) in [7, 11) is 0. The molecule has 0 aromatic rings. The van der Waals surface area contributed by atoms with Crippen molar-refractivity contribution in [2.75, 3.05) is 0 Å². The number of rotatable bonds is 2. The number of hydrogen-bond donors (Lipinski definition) is 0. The van der Waals surface area contributed by atoms with E-state index in [2.05, 4.69) is 0 Å². The van der Waals surface area contributed by atoms with E-state index in [0.717, 1.165) is 12.8 Å². The number of carbonyl (C=O) groups excluding carboxylic acids is 1. The summed E-state index contributed by atoms with van der Waals surface area (Å²) >= 11 is 0. The minimum atomic E-state index is 0.266. The number of hydrogen-bond acceptors (Lipinski definition) is 1. The normalized spacial score (nSPS) is 16.1. The Morgan fingerprint density at radius 3 is 1.80 bits per heavy atom. The second-order valence-electron chi connectivity index (χ2n) is 2.83. The summed E-state index contributed by atoms with van der Waals surface area (Å²) in [4.78, 5) is 10.9. The van der Waals surface area contributed by atoms with Gasteiger partial charge in [0, 0.05) is 11.8 Å². The van der Waals surface area contributed by atoms with Crippen molar-refractivity contribution in [1.29, 1.82) is 0 Å². The smallest absolute Gasteiger partial charge is 0.138 e. The van der Waals surface area contributed by atoms with Crippen molar-refractivity contribution in [3.8, 4) is 0 Å². The SMILES string of the molecule is CC.CC(C)C(=O)C1CC1. The molecule has 0 unspecified atom stereocenters. The fourth-order valence-corrected chi connectivity index (χ4v) is 0.839. The maximum Gasteiger partial charge on any atom is 0.138 e. The van der Waals surface area contributed by atoms with Crippen molar-refractivity contribution in [1.82, 2.24) is 0 Å². The lowest BCUT2D eigenvalue weighted by Crippen LogP contribution is -2.08. The molecule has 0 aromatic heterocycles. The van der Waals surface area contributed by atoms with Gasteiger partial charge in [-0.05, 0) is 12.8 Å². The minimum absolute atomic E-state index is 0.266. The van der Waals surface area contributed by atoms with Crippen LogP contribution in [0.5, 0.6) is 0 Å². The van der Waals surface area contributed by atoms with Crippen LogP contribution in [0.15, 0.2) is 0 Å². The highest BCUT2D eigenvalue weighted by Gasteiger charge is 2.30. The van der Waals surface area contributed by atoms with Crippen molar-refractivity contribution in [3.63, 3.8) is 0 Å². The summed E-state index contributed by atoms with van der Waals surface area (Å²) in [6, 6.07) is 0. The van der Waals surface area contributed by atoms with E-state index in [-0.39, 0.29) is 5.92 Å². The summed E-state index contributed by atoms with van der Waals surface area (Å²) in [6.45, 7) is 7.95. The van der Waals surface area contributed by atoms with Gasteiger partial charge >= 0.3 is 0 Å². The molecule has 1 fully saturated rings. The predicted octanol–water partition coefficient (Wildman–Crippen LogP) is 2.65. The van der Waals surface area contributed by atoms with Gasteiger partial charge in [-0.1, -0.05) is 27.7 Å². The molecule has 1 heteroatoms. The van der Waals surface area contributed by atoms with Gasteiger partial charge in [-0.15, -0.1) is 0 Å². The van der Waals surface area contributed by atoms with Crippen LogP contribution in [0.1, 0.15) is 40.5 Å². The van der Waals surface area contributed by atoms with Crippen LogP contribution < -0.4 is 0 Å². The van der Waals surface area contributed by atoms with Gasteiger partial charge in [0.1, 0.15) is 5.78 Å². The molecule has 0 N–H and O–H groups in total. The molecule has 1 saturated carbocycles. The van der Waals surface area contributed by atoms with Crippen molar-refractivity contribution < 1.29 is 4.79 Å². The lowest BCUT2D eigenvalue weighted by atomic mass is 10.1. The maximum absolute atomic E-state index is 10.9. The van der Waals surface area contributed by atoms with Crippen LogP contribution in [0.4, 0.5) is 0 Å². The molecule has 0 bridgehead atoms. The molecule has 1 rings (SSSR count). The lowest BCUT2D eigenvalue weighted by molar-refractivity contribution is -0.123. The molecule has 0 aromatic carbocycles. The quantitative estimate of drug-likeness (QED) is 0.579. The molecule has 1 nitrogen and oxygen atoms in total. The number of ketones is 1. The Morgan fingerprint density at radius 2 is 1.70 bits per heavy atom. The molecule has 0 amide bonds. The molecule has 0 spiro atoms. The third-order valence-corrected chi connectivity index (χ3v) is 1.55. The molecule has 60 valence electrons. The van der Waals surface area contributed by atoms with Crippen LogP contribution in [-0.2, 0) is 4.79 Å². The van der Waals surface area contributed by atoms with Crippen molar-refractivity contribution in [2.45, 2.75) is 40.5 Å². The highest BCUT2D eigenvalue weighted by Crippen LogP contribution is 2.31. The Balaban J connectivity index is 0.000000371. The second-order valence-corrected chi connectivity index (χ2v) is 2.83. The summed E-state index contributed by atoms with van der Waals surface area (Å²) in [5.74, 6) is 1.18. The van der Waals surface area contributed by atoms with Crippen molar-refractivity contribution in [2.24, 2.45) is 11.8 Å². The molecule has 0 heterocycles. The predicted molar refractivity (Wildman–Crippen MR) is 43.9 cm³/mol. The summed E-state index contributed by atoms with van der Waals surface area (Å²) in [5, 5.41) is 0. The Bertz CT molecular complexity index is 97.3. The molecule has 0 radical (unpaired) electrons. The molecule has 0 aliphatic heterocycles. The molecule has 10 heavy (non-hydrogen) atoms. The van der Waals surface area contributed by atoms with Crippen molar-refractivity contribution >= 4 is 5.78 Å². The molecule has 0 saturated heterocycles. The van der Waals surface area contributed by atoms with E-state index in [1.807, 2.05) is 27.7 Å². The lowest BCUT2D eigenvalue weighted by Gasteiger charge is -1.98. The van der Waals surface area contributed by atoms with Gasteiger partial charge in [-0.3, -0.25) is 4.79 Å². The van der Waals surface area contributed by atoms with Gasteiger partial charge < -0.3 is 0 Å². The zero-order valence-electron chi connectivity index (χ0n) is 7.48. The first kappa shape index (κ1) is 9.67. The Hall–Kier alpha value is -0.330. The third-order valence-electron chi connectivity index (χ3n) is 1.55. The summed E-state index contributed by atoms with van der Waals surface area (Å²) in [6.07, 6.45) is 2.30. The first-order chi connectivity index (χ1) is 4.72. The van der Waals surface area contributed by atoms with Gasteiger partial charge in [0.05, 0.1) is 0 Å². The monoisotopic (exact) mass is 142 g/mol. The Morgan fingerprint density at radius 1 is 1.30 bits per heavy atom. The molecule has 1 aliphatic rings. The van der Waals surface area contributed by atoms with Gasteiger partial charge in [0.2, 0.25) is 0 Å². The molecule has 0 atom stereocenters. The van der Waals surface area contributed by atoms with Crippen molar-refractivity contribution in [3.05, 3.63) is 0 Å². The fourth-order valence-electron chi connectivity index (χ4n) is 0.839. The van der Waals surface area contributed by atoms with E-state index < -0.39 is 0 Å². The highest BCUT2D eigenvalue weighted by atomic mass is 16.1. The number of carbonyl (C=O) groups is 1. The van der Waals surface area contributed by atoms with Gasteiger partial charge in [-0.2, -0.15) is 0 Å². The first-order valence-electron chi connectivity index (χ1n) is 4.25. The van der Waals surface area contributed by atoms with Crippen LogP contribution in [0, 0.1) is 11.8 Å². The van der Waals surface area contributed by atoms with Crippen LogP contribution in [-0.4, -0.2) is 5.78 Å². The van der Waals surface area contributed by atoms with E-state index >= 15 is 0 Å². The Labute approximate surface area is 63.8 Å². The Kier molecular flexibility index (Phi) is 4.33. The summed E-state index contributed by atoms with van der Waals surface area (Å²) in [5.41, 5.74) is 0. The van der Waals surface area contributed by atoms with E-state index in [1.54, 1.807) is 0 Å². The summed E-state index contributed by atoms with van der Waals surface area (Å²) < 4.78 is 0. The van der Waals surface area contributed by atoms with Crippen LogP contribution in [0.2, 0.25) is 0 Å². The fraction of sp³-hybridized carbons (Fsp3) is 0.889. The third kappa shape index (κ3) is 3.00. The number of Topliss-reactive ketones (excluding diaryl/α,β-unsaturated/α-hetero) is 1. The average Bonchev–Trinajstić information content (AvgIpc) is 2.72. The highest BCUT2D eigenvalue weighted by molar-refractivity contribution is 5.84. The maximum atomic E-state index is 10.9. The van der Waals surface area contributed by atoms with Gasteiger partial charge in [0.25, 0.3) is 0 Å². The average molecular weight is 142 g/mol. The molecule has 1 aliphatic carbocycles. The first-order valence-corrected chi connectivity index (χ1v) is 4.25. The van der Waals surface area contributed by atoms with Gasteiger partial charge in [0.15, 0.2) is 0 Å². The van der Waals surface area contributed by atoms with Crippen LogP contribution >= 0.6 is 0 Å². The van der Waals surface area contributed by atoms with E-state index in [9.17, 15) is 4.79 Å². The van der Waals surface area contributed by atoms with E-state index in [4.69, 9.17) is 0 Å². The van der Waals surface area contributed by atoms with E-state index in [1.165, 1.54) is 0 Å². The van der Waals surface area contributed by atoms with E-state index in [0.29, 0.717) is 11.7 Å². The molecular formula is C9H18O. The second kappa shape index (κ2) is 4.48.